The van der Waals surface area contributed by atoms with Gasteiger partial charge in [-0.25, -0.2) is 4.39 Å². The Kier molecular flexibility index (Phi) is 9.22. The number of carbonyl (C=O) groups is 1. The van der Waals surface area contributed by atoms with Crippen LogP contribution in [0.15, 0.2) is 18.2 Å². The molecular formula is C23H34ClFN2O3. The van der Waals surface area contributed by atoms with E-state index >= 15 is 0 Å². The van der Waals surface area contributed by atoms with Crippen molar-refractivity contribution in [3.63, 3.8) is 0 Å². The van der Waals surface area contributed by atoms with Gasteiger partial charge in [-0.05, 0) is 75.6 Å². The number of hydrogen-bond donors (Lipinski definition) is 1. The summed E-state index contributed by atoms with van der Waals surface area (Å²) in [6.07, 6.45) is 8.29. The van der Waals surface area contributed by atoms with Crippen LogP contribution in [-0.4, -0.2) is 56.3 Å². The van der Waals surface area contributed by atoms with Crippen LogP contribution in [0.1, 0.15) is 51.4 Å². The van der Waals surface area contributed by atoms with E-state index in [-0.39, 0.29) is 17.8 Å². The highest BCUT2D eigenvalue weighted by molar-refractivity contribution is 6.32. The van der Waals surface area contributed by atoms with Crippen LogP contribution in [0.25, 0.3) is 0 Å². The standard InChI is InChI=1S/C23H34ClFN2O3/c1-29-15-11-23(28)26-19-5-2-17(3-6-19)8-12-27-13-9-20(10-14-27)30-22-7-4-18(25)16-21(22)24/h4,7,16-17,19-20H,2-3,5-6,8-15H2,1H3,(H,26,28)/t17-,19-. The first-order valence-electron chi connectivity index (χ1n) is 11.2. The minimum absolute atomic E-state index is 0.104. The van der Waals surface area contributed by atoms with Gasteiger partial charge in [-0.2, -0.15) is 0 Å². The minimum Gasteiger partial charge on any atom is -0.489 e. The fourth-order valence-electron chi connectivity index (χ4n) is 4.46. The van der Waals surface area contributed by atoms with E-state index in [1.165, 1.54) is 31.4 Å². The van der Waals surface area contributed by atoms with Crippen LogP contribution < -0.4 is 10.1 Å². The Bertz CT molecular complexity index is 674. The van der Waals surface area contributed by atoms with E-state index in [1.807, 2.05) is 0 Å². The van der Waals surface area contributed by atoms with Crippen molar-refractivity contribution < 1.29 is 18.7 Å². The fourth-order valence-corrected chi connectivity index (χ4v) is 4.67. The third-order valence-corrected chi connectivity index (χ3v) is 6.62. The Morgan fingerprint density at radius 1 is 1.20 bits per heavy atom. The van der Waals surface area contributed by atoms with Crippen molar-refractivity contribution in [1.82, 2.24) is 10.2 Å². The van der Waals surface area contributed by atoms with E-state index in [0.29, 0.717) is 29.8 Å². The van der Waals surface area contributed by atoms with Crippen LogP contribution in [0, 0.1) is 11.7 Å². The molecule has 0 bridgehead atoms. The van der Waals surface area contributed by atoms with Gasteiger partial charge in [0.05, 0.1) is 11.6 Å². The highest BCUT2D eigenvalue weighted by atomic mass is 35.5. The Hall–Kier alpha value is -1.37. The van der Waals surface area contributed by atoms with Gasteiger partial charge in [0.15, 0.2) is 0 Å². The van der Waals surface area contributed by atoms with Gasteiger partial charge in [0, 0.05) is 32.7 Å². The Morgan fingerprint density at radius 2 is 1.93 bits per heavy atom. The summed E-state index contributed by atoms with van der Waals surface area (Å²) in [4.78, 5) is 14.3. The summed E-state index contributed by atoms with van der Waals surface area (Å²) in [6, 6.07) is 4.62. The summed E-state index contributed by atoms with van der Waals surface area (Å²) >= 11 is 6.07. The van der Waals surface area contributed by atoms with E-state index in [4.69, 9.17) is 21.1 Å². The van der Waals surface area contributed by atoms with E-state index in [9.17, 15) is 9.18 Å². The molecule has 1 saturated carbocycles. The van der Waals surface area contributed by atoms with Crippen LogP contribution >= 0.6 is 11.6 Å². The molecule has 7 heteroatoms. The number of rotatable bonds is 9. The first-order valence-corrected chi connectivity index (χ1v) is 11.5. The zero-order chi connectivity index (χ0) is 21.3. The van der Waals surface area contributed by atoms with E-state index in [1.54, 1.807) is 13.2 Å². The average Bonchev–Trinajstić information content (AvgIpc) is 2.75. The fraction of sp³-hybridized carbons (Fsp3) is 0.696. The minimum atomic E-state index is -0.343. The van der Waals surface area contributed by atoms with Gasteiger partial charge in [-0.15, -0.1) is 0 Å². The number of carbonyl (C=O) groups excluding carboxylic acids is 1. The van der Waals surface area contributed by atoms with Crippen molar-refractivity contribution in [1.29, 1.82) is 0 Å². The van der Waals surface area contributed by atoms with Crippen molar-refractivity contribution >= 4 is 17.5 Å². The normalized spacial score (nSPS) is 23.3. The molecule has 0 aromatic heterocycles. The highest BCUT2D eigenvalue weighted by Gasteiger charge is 2.25. The molecule has 1 heterocycles. The molecule has 0 unspecified atom stereocenters. The van der Waals surface area contributed by atoms with Crippen molar-refractivity contribution in [2.75, 3.05) is 33.4 Å². The molecule has 1 aromatic carbocycles. The predicted molar refractivity (Wildman–Crippen MR) is 116 cm³/mol. The third-order valence-electron chi connectivity index (χ3n) is 6.32. The molecule has 1 aliphatic carbocycles. The van der Waals surface area contributed by atoms with Gasteiger partial charge in [0.25, 0.3) is 0 Å². The van der Waals surface area contributed by atoms with Crippen LogP contribution in [0.4, 0.5) is 4.39 Å². The Morgan fingerprint density at radius 3 is 2.60 bits per heavy atom. The lowest BCUT2D eigenvalue weighted by Gasteiger charge is -2.34. The smallest absolute Gasteiger partial charge is 0.222 e. The second-order valence-electron chi connectivity index (χ2n) is 8.55. The number of ether oxygens (including phenoxy) is 2. The topological polar surface area (TPSA) is 50.8 Å². The average molecular weight is 441 g/mol. The molecule has 168 valence electrons. The monoisotopic (exact) mass is 440 g/mol. The molecule has 1 N–H and O–H groups in total. The van der Waals surface area contributed by atoms with E-state index < -0.39 is 0 Å². The van der Waals surface area contributed by atoms with Gasteiger partial charge >= 0.3 is 0 Å². The lowest BCUT2D eigenvalue weighted by molar-refractivity contribution is -0.122. The van der Waals surface area contributed by atoms with Gasteiger partial charge in [-0.1, -0.05) is 11.6 Å². The molecule has 1 aliphatic heterocycles. The van der Waals surface area contributed by atoms with Crippen molar-refractivity contribution in [2.45, 2.75) is 63.5 Å². The maximum absolute atomic E-state index is 13.2. The van der Waals surface area contributed by atoms with E-state index in [2.05, 4.69) is 10.2 Å². The zero-order valence-corrected chi connectivity index (χ0v) is 18.6. The molecule has 0 radical (unpaired) electrons. The molecule has 1 saturated heterocycles. The molecule has 1 aromatic rings. The third kappa shape index (κ3) is 7.40. The molecule has 3 rings (SSSR count). The second kappa shape index (κ2) is 11.9. The summed E-state index contributed by atoms with van der Waals surface area (Å²) < 4.78 is 24.1. The number of amides is 1. The largest absolute Gasteiger partial charge is 0.489 e. The Labute approximate surface area is 184 Å². The molecule has 0 spiro atoms. The van der Waals surface area contributed by atoms with Gasteiger partial charge < -0.3 is 19.7 Å². The van der Waals surface area contributed by atoms with Gasteiger partial charge in [0.2, 0.25) is 5.91 Å². The van der Waals surface area contributed by atoms with Crippen LogP contribution in [-0.2, 0) is 9.53 Å². The summed E-state index contributed by atoms with van der Waals surface area (Å²) in [6.45, 7) is 3.65. The number of hydrogen-bond acceptors (Lipinski definition) is 4. The maximum Gasteiger partial charge on any atom is 0.222 e. The number of nitrogens with zero attached hydrogens (tertiary/aromatic N) is 1. The molecule has 5 nitrogen and oxygen atoms in total. The molecule has 2 aliphatic rings. The van der Waals surface area contributed by atoms with Crippen molar-refractivity contribution in [3.05, 3.63) is 29.0 Å². The lowest BCUT2D eigenvalue weighted by Crippen LogP contribution is -2.40. The number of piperidine rings is 1. The number of methoxy groups -OCH3 is 1. The number of benzene rings is 1. The summed E-state index contributed by atoms with van der Waals surface area (Å²) in [7, 11) is 1.62. The van der Waals surface area contributed by atoms with Gasteiger partial charge in [0.1, 0.15) is 17.7 Å². The quantitative estimate of drug-likeness (QED) is 0.617. The molecule has 30 heavy (non-hydrogen) atoms. The number of nitrogens with one attached hydrogen (secondary N) is 1. The first kappa shape index (κ1) is 23.3. The maximum atomic E-state index is 13.2. The molecule has 0 atom stereocenters. The zero-order valence-electron chi connectivity index (χ0n) is 17.9. The molecular weight excluding hydrogens is 407 g/mol. The lowest BCUT2D eigenvalue weighted by atomic mass is 9.84. The van der Waals surface area contributed by atoms with E-state index in [0.717, 1.165) is 51.2 Å². The number of halogens is 2. The summed E-state index contributed by atoms with van der Waals surface area (Å²) in [5.41, 5.74) is 0. The van der Waals surface area contributed by atoms with Crippen molar-refractivity contribution in [3.8, 4) is 5.75 Å². The van der Waals surface area contributed by atoms with Crippen LogP contribution in [0.5, 0.6) is 5.75 Å². The summed E-state index contributed by atoms with van der Waals surface area (Å²) in [5, 5.41) is 3.47. The van der Waals surface area contributed by atoms with Gasteiger partial charge in [-0.3, -0.25) is 4.79 Å². The second-order valence-corrected chi connectivity index (χ2v) is 8.96. The highest BCUT2D eigenvalue weighted by Crippen LogP contribution is 2.29. The van der Waals surface area contributed by atoms with Crippen LogP contribution in [0.2, 0.25) is 5.02 Å². The molecule has 1 amide bonds. The Balaban J connectivity index is 1.29. The van der Waals surface area contributed by atoms with Crippen LogP contribution in [0.3, 0.4) is 0 Å². The predicted octanol–water partition coefficient (Wildman–Crippen LogP) is 4.42. The molecule has 2 fully saturated rings. The first-order chi connectivity index (χ1) is 14.5. The number of likely N-dealkylation sites (tertiary alicyclic amines) is 1. The van der Waals surface area contributed by atoms with Crippen molar-refractivity contribution in [2.24, 2.45) is 5.92 Å². The summed E-state index contributed by atoms with van der Waals surface area (Å²) in [5.74, 6) is 1.09. The SMILES string of the molecule is COCCC(=O)N[C@H]1CC[C@H](CCN2CCC(Oc3ccc(F)cc3Cl)CC2)CC1.